The van der Waals surface area contributed by atoms with Gasteiger partial charge in [-0.15, -0.1) is 0 Å². The number of rotatable bonds is 4. The summed E-state index contributed by atoms with van der Waals surface area (Å²) < 4.78 is 0. The number of ketones is 1. The molecule has 2 rings (SSSR count). The highest BCUT2D eigenvalue weighted by atomic mass is 16.1. The van der Waals surface area contributed by atoms with Crippen LogP contribution in [-0.4, -0.2) is 10.8 Å². The minimum absolute atomic E-state index is 0.124. The Bertz CT molecular complexity index is 529. The number of nitrogens with zero attached hydrogens (tertiary/aromatic N) is 1. The maximum atomic E-state index is 11.9. The number of anilines is 1. The van der Waals surface area contributed by atoms with Crippen molar-refractivity contribution in [3.05, 3.63) is 59.4 Å². The van der Waals surface area contributed by atoms with Crippen LogP contribution in [0.5, 0.6) is 0 Å². The second-order valence-electron chi connectivity index (χ2n) is 4.35. The van der Waals surface area contributed by atoms with E-state index in [0.29, 0.717) is 12.0 Å². The monoisotopic (exact) mass is 240 g/mol. The van der Waals surface area contributed by atoms with Gasteiger partial charge in [0.1, 0.15) is 0 Å². The molecule has 0 bridgehead atoms. The molecule has 0 aliphatic rings. The fourth-order valence-electron chi connectivity index (χ4n) is 1.72. The van der Waals surface area contributed by atoms with E-state index in [2.05, 4.69) is 4.98 Å². The fourth-order valence-corrected chi connectivity index (χ4v) is 1.72. The van der Waals surface area contributed by atoms with Gasteiger partial charge in [0.2, 0.25) is 0 Å². The zero-order chi connectivity index (χ0) is 13.0. The van der Waals surface area contributed by atoms with Crippen LogP contribution in [0.3, 0.4) is 0 Å². The Hall–Kier alpha value is -2.16. The first-order valence-corrected chi connectivity index (χ1v) is 5.95. The number of carbonyl (C=O) groups excluding carboxylic acids is 1. The summed E-state index contributed by atoms with van der Waals surface area (Å²) in [6.07, 6.45) is 2.86. The Morgan fingerprint density at radius 2 is 1.89 bits per heavy atom. The van der Waals surface area contributed by atoms with Gasteiger partial charge in [0.15, 0.2) is 5.78 Å². The minimum Gasteiger partial charge on any atom is -0.399 e. The molecule has 1 aromatic heterocycles. The van der Waals surface area contributed by atoms with Gasteiger partial charge < -0.3 is 5.73 Å². The van der Waals surface area contributed by atoms with Gasteiger partial charge in [-0.3, -0.25) is 9.78 Å². The average molecular weight is 240 g/mol. The summed E-state index contributed by atoms with van der Waals surface area (Å²) in [5.74, 6) is 0.124. The summed E-state index contributed by atoms with van der Waals surface area (Å²) in [7, 11) is 0. The van der Waals surface area contributed by atoms with E-state index in [1.54, 1.807) is 6.20 Å². The lowest BCUT2D eigenvalue weighted by molar-refractivity contribution is 0.0982. The van der Waals surface area contributed by atoms with Crippen molar-refractivity contribution in [1.29, 1.82) is 0 Å². The van der Waals surface area contributed by atoms with Gasteiger partial charge in [0.05, 0.1) is 0 Å². The molecular weight excluding hydrogens is 224 g/mol. The highest BCUT2D eigenvalue weighted by Gasteiger charge is 2.06. The smallest absolute Gasteiger partial charge is 0.164 e. The Kier molecular flexibility index (Phi) is 3.72. The largest absolute Gasteiger partial charge is 0.399 e. The molecule has 1 aromatic carbocycles. The van der Waals surface area contributed by atoms with Gasteiger partial charge >= 0.3 is 0 Å². The predicted molar refractivity (Wildman–Crippen MR) is 72.5 cm³/mol. The SMILES string of the molecule is Cc1ccc(C(=O)CCc2ccc(N)cc2)cn1. The van der Waals surface area contributed by atoms with E-state index in [1.165, 1.54) is 0 Å². The molecular formula is C15H16N2O. The number of Topliss-reactive ketones (excluding diaryl/α,β-unsaturated/α-hetero) is 1. The summed E-state index contributed by atoms with van der Waals surface area (Å²) in [6.45, 7) is 1.91. The molecule has 0 unspecified atom stereocenters. The Labute approximate surface area is 107 Å². The van der Waals surface area contributed by atoms with Crippen LogP contribution in [-0.2, 0) is 6.42 Å². The van der Waals surface area contributed by atoms with Crippen molar-refractivity contribution >= 4 is 11.5 Å². The van der Waals surface area contributed by atoms with Crippen LogP contribution in [0.4, 0.5) is 5.69 Å². The van der Waals surface area contributed by atoms with E-state index in [9.17, 15) is 4.79 Å². The zero-order valence-corrected chi connectivity index (χ0v) is 10.4. The third kappa shape index (κ3) is 3.17. The van der Waals surface area contributed by atoms with Crippen molar-refractivity contribution in [2.75, 3.05) is 5.73 Å². The number of pyridine rings is 1. The summed E-state index contributed by atoms with van der Waals surface area (Å²) in [5, 5.41) is 0. The lowest BCUT2D eigenvalue weighted by Crippen LogP contribution is -2.02. The zero-order valence-electron chi connectivity index (χ0n) is 10.4. The predicted octanol–water partition coefficient (Wildman–Crippen LogP) is 2.79. The van der Waals surface area contributed by atoms with Crippen LogP contribution < -0.4 is 5.73 Å². The van der Waals surface area contributed by atoms with Gasteiger partial charge in [-0.1, -0.05) is 12.1 Å². The quantitative estimate of drug-likeness (QED) is 0.660. The molecule has 0 amide bonds. The molecule has 0 radical (unpaired) electrons. The normalized spacial score (nSPS) is 10.3. The van der Waals surface area contributed by atoms with E-state index in [-0.39, 0.29) is 5.78 Å². The first-order chi connectivity index (χ1) is 8.65. The summed E-state index contributed by atoms with van der Waals surface area (Å²) in [6, 6.07) is 11.3. The van der Waals surface area contributed by atoms with Crippen molar-refractivity contribution in [2.45, 2.75) is 19.8 Å². The first-order valence-electron chi connectivity index (χ1n) is 5.95. The van der Waals surface area contributed by atoms with E-state index in [4.69, 9.17) is 5.73 Å². The Morgan fingerprint density at radius 3 is 2.50 bits per heavy atom. The highest BCUT2D eigenvalue weighted by Crippen LogP contribution is 2.10. The van der Waals surface area contributed by atoms with E-state index < -0.39 is 0 Å². The lowest BCUT2D eigenvalue weighted by Gasteiger charge is -2.02. The number of aromatic nitrogens is 1. The second-order valence-corrected chi connectivity index (χ2v) is 4.35. The maximum Gasteiger partial charge on any atom is 0.164 e. The number of hydrogen-bond acceptors (Lipinski definition) is 3. The van der Waals surface area contributed by atoms with Gasteiger partial charge in [0.25, 0.3) is 0 Å². The van der Waals surface area contributed by atoms with Crippen LogP contribution in [0, 0.1) is 6.92 Å². The number of benzene rings is 1. The fraction of sp³-hybridized carbons (Fsp3) is 0.200. The van der Waals surface area contributed by atoms with Gasteiger partial charge in [-0.2, -0.15) is 0 Å². The van der Waals surface area contributed by atoms with Crippen LogP contribution in [0.15, 0.2) is 42.6 Å². The number of carbonyl (C=O) groups is 1. The molecule has 0 atom stereocenters. The van der Waals surface area contributed by atoms with Crippen molar-refractivity contribution in [2.24, 2.45) is 0 Å². The summed E-state index contributed by atoms with van der Waals surface area (Å²) >= 11 is 0. The molecule has 0 fully saturated rings. The van der Waals surface area contributed by atoms with Crippen LogP contribution in [0.2, 0.25) is 0 Å². The Balaban J connectivity index is 1.96. The molecule has 0 aliphatic heterocycles. The molecule has 2 N–H and O–H groups in total. The van der Waals surface area contributed by atoms with Crippen LogP contribution >= 0.6 is 0 Å². The molecule has 92 valence electrons. The number of aryl methyl sites for hydroxylation is 2. The van der Waals surface area contributed by atoms with Gasteiger partial charge in [-0.05, 0) is 43.2 Å². The van der Waals surface area contributed by atoms with Crippen LogP contribution in [0.25, 0.3) is 0 Å². The molecule has 0 saturated heterocycles. The van der Waals surface area contributed by atoms with Crippen molar-refractivity contribution in [3.8, 4) is 0 Å². The topological polar surface area (TPSA) is 56.0 Å². The lowest BCUT2D eigenvalue weighted by atomic mass is 10.0. The molecule has 3 nitrogen and oxygen atoms in total. The third-order valence-electron chi connectivity index (χ3n) is 2.85. The molecule has 0 spiro atoms. The van der Waals surface area contributed by atoms with Crippen molar-refractivity contribution < 1.29 is 4.79 Å². The number of hydrogen-bond donors (Lipinski definition) is 1. The van der Waals surface area contributed by atoms with Crippen molar-refractivity contribution in [3.63, 3.8) is 0 Å². The summed E-state index contributed by atoms with van der Waals surface area (Å²) in [5.41, 5.74) is 9.08. The highest BCUT2D eigenvalue weighted by molar-refractivity contribution is 5.95. The number of nitrogens with two attached hydrogens (primary N) is 1. The molecule has 18 heavy (non-hydrogen) atoms. The standard InChI is InChI=1S/C15H16N2O/c1-11-2-6-13(10-17-11)15(18)9-5-12-3-7-14(16)8-4-12/h2-4,6-8,10H,5,9,16H2,1H3. The molecule has 0 aliphatic carbocycles. The average Bonchev–Trinajstić information content (AvgIpc) is 2.38. The van der Waals surface area contributed by atoms with E-state index in [0.717, 1.165) is 23.4 Å². The minimum atomic E-state index is 0.124. The first kappa shape index (κ1) is 12.3. The molecule has 1 heterocycles. The second kappa shape index (κ2) is 5.45. The molecule has 2 aromatic rings. The third-order valence-corrected chi connectivity index (χ3v) is 2.85. The van der Waals surface area contributed by atoms with E-state index >= 15 is 0 Å². The molecule has 0 saturated carbocycles. The van der Waals surface area contributed by atoms with Gasteiger partial charge in [0, 0.05) is 29.6 Å². The summed E-state index contributed by atoms with van der Waals surface area (Å²) in [4.78, 5) is 16.1. The van der Waals surface area contributed by atoms with Crippen molar-refractivity contribution in [1.82, 2.24) is 4.98 Å². The maximum absolute atomic E-state index is 11.9. The Morgan fingerprint density at radius 1 is 1.17 bits per heavy atom. The van der Waals surface area contributed by atoms with Gasteiger partial charge in [-0.25, -0.2) is 0 Å². The van der Waals surface area contributed by atoms with E-state index in [1.807, 2.05) is 43.3 Å². The number of nitrogen functional groups attached to an aromatic ring is 1. The van der Waals surface area contributed by atoms with Crippen LogP contribution in [0.1, 0.15) is 28.0 Å². The molecule has 3 heteroatoms.